The molecule has 128 valence electrons. The highest BCUT2D eigenvalue weighted by Crippen LogP contribution is 2.17. The number of rotatable bonds is 6. The number of ketones is 1. The van der Waals surface area contributed by atoms with Crippen LogP contribution in [0.2, 0.25) is 0 Å². The minimum absolute atomic E-state index is 0.0506. The quantitative estimate of drug-likeness (QED) is 0.555. The van der Waals surface area contributed by atoms with Gasteiger partial charge in [-0.05, 0) is 38.0 Å². The van der Waals surface area contributed by atoms with Crippen LogP contribution in [0.5, 0.6) is 5.75 Å². The number of carbonyl (C=O) groups excluding carboxylic acids is 1. The van der Waals surface area contributed by atoms with Crippen LogP contribution in [0.4, 0.5) is 0 Å². The van der Waals surface area contributed by atoms with E-state index in [4.69, 9.17) is 0 Å². The molecule has 0 bridgehead atoms. The summed E-state index contributed by atoms with van der Waals surface area (Å²) in [7, 11) is 0. The first-order valence-electron chi connectivity index (χ1n) is 8.46. The summed E-state index contributed by atoms with van der Waals surface area (Å²) in [4.78, 5) is 12.7. The first-order valence-corrected chi connectivity index (χ1v) is 8.46. The second kappa shape index (κ2) is 7.34. The maximum atomic E-state index is 12.7. The fraction of sp³-hybridized carbons (Fsp3) is 0.238. The van der Waals surface area contributed by atoms with Crippen molar-refractivity contribution in [1.29, 1.82) is 0 Å². The van der Waals surface area contributed by atoms with E-state index >= 15 is 0 Å². The lowest BCUT2D eigenvalue weighted by Gasteiger charge is -2.09. The Labute approximate surface area is 148 Å². The molecule has 1 aromatic carbocycles. The third-order valence-corrected chi connectivity index (χ3v) is 4.51. The standard InChI is InChI=1S/C21H22N2O2/c1-16-13-20(21(25)15-22-11-6-9-19(24)14-22)17(2)23(16)12-10-18-7-4-3-5-8-18/h3-9,11,13-14H,10,12,15H2,1-2H3/p+1. The molecule has 0 radical (unpaired) electrons. The predicted molar refractivity (Wildman–Crippen MR) is 96.7 cm³/mol. The minimum Gasteiger partial charge on any atom is -0.503 e. The van der Waals surface area contributed by atoms with E-state index in [1.165, 1.54) is 5.56 Å². The molecule has 0 aliphatic rings. The fourth-order valence-corrected chi connectivity index (χ4v) is 3.17. The van der Waals surface area contributed by atoms with Gasteiger partial charge in [0.2, 0.25) is 18.5 Å². The Morgan fingerprint density at radius 2 is 1.88 bits per heavy atom. The molecule has 4 heteroatoms. The Kier molecular flexibility index (Phi) is 4.98. The maximum absolute atomic E-state index is 12.7. The number of benzene rings is 1. The molecule has 0 fully saturated rings. The Morgan fingerprint density at radius 1 is 1.12 bits per heavy atom. The van der Waals surface area contributed by atoms with Gasteiger partial charge in [-0.2, -0.15) is 4.57 Å². The van der Waals surface area contributed by atoms with Crippen molar-refractivity contribution < 1.29 is 14.5 Å². The van der Waals surface area contributed by atoms with E-state index in [1.54, 1.807) is 29.1 Å². The number of aryl methyl sites for hydroxylation is 2. The molecule has 0 atom stereocenters. The van der Waals surface area contributed by atoms with Crippen LogP contribution >= 0.6 is 0 Å². The molecular weight excluding hydrogens is 312 g/mol. The van der Waals surface area contributed by atoms with E-state index in [-0.39, 0.29) is 18.1 Å². The molecule has 0 unspecified atom stereocenters. The van der Waals surface area contributed by atoms with Gasteiger partial charge in [0.25, 0.3) is 0 Å². The van der Waals surface area contributed by atoms with E-state index < -0.39 is 0 Å². The Bertz CT molecular complexity index is 882. The van der Waals surface area contributed by atoms with Crippen LogP contribution in [0.25, 0.3) is 0 Å². The average Bonchev–Trinajstić information content (AvgIpc) is 2.88. The zero-order valence-corrected chi connectivity index (χ0v) is 14.6. The van der Waals surface area contributed by atoms with Crippen molar-refractivity contribution in [2.45, 2.75) is 33.4 Å². The van der Waals surface area contributed by atoms with Crippen molar-refractivity contribution in [3.63, 3.8) is 0 Å². The number of nitrogens with zero attached hydrogens (tertiary/aromatic N) is 2. The van der Waals surface area contributed by atoms with E-state index in [2.05, 4.69) is 16.7 Å². The van der Waals surface area contributed by atoms with Crippen molar-refractivity contribution in [2.75, 3.05) is 0 Å². The molecule has 2 aromatic heterocycles. The minimum atomic E-state index is 0.0506. The zero-order valence-electron chi connectivity index (χ0n) is 14.6. The van der Waals surface area contributed by atoms with Crippen molar-refractivity contribution in [2.24, 2.45) is 0 Å². The van der Waals surface area contributed by atoms with Crippen molar-refractivity contribution in [3.05, 3.63) is 83.4 Å². The normalized spacial score (nSPS) is 10.8. The van der Waals surface area contributed by atoms with Gasteiger partial charge in [-0.25, -0.2) is 0 Å². The molecule has 0 spiro atoms. The first-order chi connectivity index (χ1) is 12.0. The monoisotopic (exact) mass is 335 g/mol. The van der Waals surface area contributed by atoms with Crippen LogP contribution in [0.3, 0.4) is 0 Å². The third-order valence-electron chi connectivity index (χ3n) is 4.51. The summed E-state index contributed by atoms with van der Waals surface area (Å²) in [5.41, 5.74) is 4.14. The molecule has 1 N–H and O–H groups in total. The molecule has 3 rings (SSSR count). The summed E-state index contributed by atoms with van der Waals surface area (Å²) in [5, 5.41) is 9.54. The molecule has 3 aromatic rings. The summed E-state index contributed by atoms with van der Waals surface area (Å²) in [5.74, 6) is 0.207. The zero-order chi connectivity index (χ0) is 17.8. The van der Waals surface area contributed by atoms with Gasteiger partial charge in [0.1, 0.15) is 0 Å². The van der Waals surface area contributed by atoms with Gasteiger partial charge in [-0.1, -0.05) is 30.3 Å². The average molecular weight is 335 g/mol. The number of carbonyl (C=O) groups is 1. The van der Waals surface area contributed by atoms with Gasteiger partial charge < -0.3 is 9.67 Å². The molecule has 0 aliphatic carbocycles. The summed E-state index contributed by atoms with van der Waals surface area (Å²) in [6, 6.07) is 15.6. The predicted octanol–water partition coefficient (Wildman–Crippen LogP) is 3.22. The topological polar surface area (TPSA) is 46.1 Å². The van der Waals surface area contributed by atoms with Crippen LogP contribution < -0.4 is 4.57 Å². The smallest absolute Gasteiger partial charge is 0.229 e. The van der Waals surface area contributed by atoms with Gasteiger partial charge in [0.05, 0.1) is 0 Å². The van der Waals surface area contributed by atoms with Crippen LogP contribution in [0, 0.1) is 13.8 Å². The van der Waals surface area contributed by atoms with Gasteiger partial charge in [0, 0.05) is 29.6 Å². The lowest BCUT2D eigenvalue weighted by atomic mass is 10.1. The van der Waals surface area contributed by atoms with E-state index in [9.17, 15) is 9.90 Å². The largest absolute Gasteiger partial charge is 0.503 e. The number of Topliss-reactive ketones (excluding diaryl/α,β-unsaturated/α-hetero) is 1. The maximum Gasteiger partial charge on any atom is 0.229 e. The summed E-state index contributed by atoms with van der Waals surface area (Å²) >= 11 is 0. The Balaban J connectivity index is 1.75. The molecule has 0 aliphatic heterocycles. The van der Waals surface area contributed by atoms with Gasteiger partial charge in [-0.15, -0.1) is 0 Å². The van der Waals surface area contributed by atoms with Crippen LogP contribution in [-0.4, -0.2) is 15.5 Å². The summed E-state index contributed by atoms with van der Waals surface area (Å²) in [6.07, 6.45) is 4.28. The van der Waals surface area contributed by atoms with Crippen molar-refractivity contribution in [1.82, 2.24) is 4.57 Å². The van der Waals surface area contributed by atoms with Crippen LogP contribution in [0.1, 0.15) is 27.3 Å². The summed E-state index contributed by atoms with van der Waals surface area (Å²) in [6.45, 7) is 5.11. The second-order valence-corrected chi connectivity index (χ2v) is 6.33. The highest BCUT2D eigenvalue weighted by Gasteiger charge is 2.19. The summed E-state index contributed by atoms with van der Waals surface area (Å²) < 4.78 is 3.90. The third kappa shape index (κ3) is 3.97. The van der Waals surface area contributed by atoms with Gasteiger partial charge in [-0.3, -0.25) is 4.79 Å². The van der Waals surface area contributed by atoms with Crippen molar-refractivity contribution >= 4 is 5.78 Å². The number of hydrogen-bond donors (Lipinski definition) is 1. The number of aromatic nitrogens is 2. The number of pyridine rings is 1. The van der Waals surface area contributed by atoms with Gasteiger partial charge >= 0.3 is 0 Å². The highest BCUT2D eigenvalue weighted by molar-refractivity contribution is 5.96. The van der Waals surface area contributed by atoms with E-state index in [0.29, 0.717) is 0 Å². The Morgan fingerprint density at radius 3 is 2.60 bits per heavy atom. The number of aromatic hydroxyl groups is 1. The highest BCUT2D eigenvalue weighted by atomic mass is 16.3. The van der Waals surface area contributed by atoms with E-state index in [1.807, 2.05) is 38.1 Å². The lowest BCUT2D eigenvalue weighted by molar-refractivity contribution is -0.683. The SMILES string of the molecule is Cc1cc(C(=O)C[n+]2cccc(O)c2)c(C)n1CCc1ccccc1. The molecule has 25 heavy (non-hydrogen) atoms. The van der Waals surface area contributed by atoms with Crippen LogP contribution in [-0.2, 0) is 19.5 Å². The molecule has 4 nitrogen and oxygen atoms in total. The van der Waals surface area contributed by atoms with Crippen LogP contribution in [0.15, 0.2) is 60.9 Å². The first kappa shape index (κ1) is 17.0. The second-order valence-electron chi connectivity index (χ2n) is 6.33. The lowest BCUT2D eigenvalue weighted by Crippen LogP contribution is -2.37. The number of hydrogen-bond acceptors (Lipinski definition) is 2. The van der Waals surface area contributed by atoms with E-state index in [0.717, 1.165) is 29.9 Å². The molecule has 0 saturated heterocycles. The fourth-order valence-electron chi connectivity index (χ4n) is 3.17. The Hall–Kier alpha value is -2.88. The molecular formula is C21H23N2O2+. The molecule has 0 saturated carbocycles. The van der Waals surface area contributed by atoms with Crippen molar-refractivity contribution in [3.8, 4) is 5.75 Å². The molecule has 0 amide bonds. The molecule has 2 heterocycles. The van der Waals surface area contributed by atoms with Gasteiger partial charge in [0.15, 0.2) is 11.9 Å².